The molecule has 0 radical (unpaired) electrons. The predicted molar refractivity (Wildman–Crippen MR) is 68.6 cm³/mol. The Morgan fingerprint density at radius 1 is 1.26 bits per heavy atom. The molecule has 19 heavy (non-hydrogen) atoms. The molecule has 0 aliphatic carbocycles. The van der Waals surface area contributed by atoms with Crippen molar-refractivity contribution < 1.29 is 14.1 Å². The summed E-state index contributed by atoms with van der Waals surface area (Å²) in [5.74, 6) is -0.244. The summed E-state index contributed by atoms with van der Waals surface area (Å²) in [4.78, 5) is 10.3. The van der Waals surface area contributed by atoms with Gasteiger partial charge in [0.1, 0.15) is 12.4 Å². The van der Waals surface area contributed by atoms with Crippen LogP contribution in [0.3, 0.4) is 0 Å². The third-order valence-corrected chi connectivity index (χ3v) is 2.65. The quantitative estimate of drug-likeness (QED) is 0.624. The molecule has 0 spiro atoms. The summed E-state index contributed by atoms with van der Waals surface area (Å²) in [6, 6.07) is 10.7. The molecule has 0 fully saturated rings. The molecule has 0 saturated heterocycles. The van der Waals surface area contributed by atoms with E-state index in [0.717, 1.165) is 5.56 Å². The second-order valence-electron chi connectivity index (χ2n) is 4.11. The third kappa shape index (κ3) is 3.07. The van der Waals surface area contributed by atoms with E-state index in [0.29, 0.717) is 5.56 Å². The number of halogens is 1. The SMILES string of the molecule is Cc1ccc([N+](=O)[O-])c(OCc2ccccc2F)c1. The maximum absolute atomic E-state index is 13.4. The molecule has 0 saturated carbocycles. The Bertz CT molecular complexity index is 613. The van der Waals surface area contributed by atoms with Gasteiger partial charge in [-0.1, -0.05) is 24.3 Å². The fourth-order valence-corrected chi connectivity index (χ4v) is 1.66. The topological polar surface area (TPSA) is 52.4 Å². The van der Waals surface area contributed by atoms with Crippen molar-refractivity contribution in [3.8, 4) is 5.75 Å². The summed E-state index contributed by atoms with van der Waals surface area (Å²) in [5, 5.41) is 10.9. The van der Waals surface area contributed by atoms with Gasteiger partial charge in [0.25, 0.3) is 0 Å². The van der Waals surface area contributed by atoms with Crippen LogP contribution >= 0.6 is 0 Å². The molecule has 5 heteroatoms. The van der Waals surface area contributed by atoms with Gasteiger partial charge in [-0.05, 0) is 24.6 Å². The van der Waals surface area contributed by atoms with Crippen LogP contribution in [0.4, 0.5) is 10.1 Å². The number of hydrogen-bond donors (Lipinski definition) is 0. The molecule has 0 bridgehead atoms. The van der Waals surface area contributed by atoms with Crippen LogP contribution in [-0.4, -0.2) is 4.92 Å². The van der Waals surface area contributed by atoms with Crippen LogP contribution in [0.2, 0.25) is 0 Å². The number of rotatable bonds is 4. The molecule has 0 atom stereocenters. The lowest BCUT2D eigenvalue weighted by molar-refractivity contribution is -0.386. The first-order valence-corrected chi connectivity index (χ1v) is 5.69. The molecule has 2 aromatic carbocycles. The van der Waals surface area contributed by atoms with E-state index >= 15 is 0 Å². The number of ether oxygens (including phenoxy) is 1. The van der Waals surface area contributed by atoms with Gasteiger partial charge in [-0.25, -0.2) is 4.39 Å². The summed E-state index contributed by atoms with van der Waals surface area (Å²) >= 11 is 0. The molecule has 0 aliphatic rings. The van der Waals surface area contributed by atoms with Crippen LogP contribution in [-0.2, 0) is 6.61 Å². The lowest BCUT2D eigenvalue weighted by atomic mass is 10.2. The minimum atomic E-state index is -0.518. The Balaban J connectivity index is 2.22. The molecule has 0 heterocycles. The van der Waals surface area contributed by atoms with Crippen molar-refractivity contribution in [2.75, 3.05) is 0 Å². The molecule has 0 amide bonds. The van der Waals surface area contributed by atoms with E-state index in [2.05, 4.69) is 0 Å². The van der Waals surface area contributed by atoms with E-state index in [4.69, 9.17) is 4.74 Å². The van der Waals surface area contributed by atoms with E-state index in [-0.39, 0.29) is 18.0 Å². The maximum atomic E-state index is 13.4. The monoisotopic (exact) mass is 261 g/mol. The van der Waals surface area contributed by atoms with Gasteiger partial charge in [-0.2, -0.15) is 0 Å². The average molecular weight is 261 g/mol. The van der Waals surface area contributed by atoms with Crippen molar-refractivity contribution in [1.82, 2.24) is 0 Å². The van der Waals surface area contributed by atoms with Gasteiger partial charge in [0.2, 0.25) is 0 Å². The summed E-state index contributed by atoms with van der Waals surface area (Å²) < 4.78 is 18.8. The van der Waals surface area contributed by atoms with Crippen LogP contribution in [0.1, 0.15) is 11.1 Å². The lowest BCUT2D eigenvalue weighted by Crippen LogP contribution is -2.01. The minimum absolute atomic E-state index is 0.0447. The number of aryl methyl sites for hydroxylation is 1. The highest BCUT2D eigenvalue weighted by atomic mass is 19.1. The zero-order chi connectivity index (χ0) is 13.8. The van der Waals surface area contributed by atoms with Crippen molar-refractivity contribution in [2.45, 2.75) is 13.5 Å². The number of nitro benzene ring substituents is 1. The molecule has 2 aromatic rings. The lowest BCUT2D eigenvalue weighted by Gasteiger charge is -2.08. The maximum Gasteiger partial charge on any atom is 0.310 e. The van der Waals surface area contributed by atoms with Crippen molar-refractivity contribution in [2.24, 2.45) is 0 Å². The van der Waals surface area contributed by atoms with E-state index < -0.39 is 10.7 Å². The first-order chi connectivity index (χ1) is 9.08. The molecule has 4 nitrogen and oxygen atoms in total. The fraction of sp³-hybridized carbons (Fsp3) is 0.143. The van der Waals surface area contributed by atoms with Gasteiger partial charge in [0.15, 0.2) is 5.75 Å². The van der Waals surface area contributed by atoms with Gasteiger partial charge in [-0.3, -0.25) is 10.1 Å². The highest BCUT2D eigenvalue weighted by Crippen LogP contribution is 2.28. The van der Waals surface area contributed by atoms with E-state index in [9.17, 15) is 14.5 Å². The van der Waals surface area contributed by atoms with Crippen LogP contribution in [0, 0.1) is 22.9 Å². The summed E-state index contributed by atoms with van der Waals surface area (Å²) in [6.07, 6.45) is 0. The highest BCUT2D eigenvalue weighted by molar-refractivity contribution is 5.48. The first-order valence-electron chi connectivity index (χ1n) is 5.69. The number of nitro groups is 1. The Labute approximate surface area is 109 Å². The third-order valence-electron chi connectivity index (χ3n) is 2.65. The second kappa shape index (κ2) is 5.48. The van der Waals surface area contributed by atoms with Crippen molar-refractivity contribution in [3.05, 3.63) is 69.5 Å². The number of nitrogens with zero attached hydrogens (tertiary/aromatic N) is 1. The van der Waals surface area contributed by atoms with Crippen molar-refractivity contribution in [1.29, 1.82) is 0 Å². The molecule has 0 aliphatic heterocycles. The zero-order valence-electron chi connectivity index (χ0n) is 10.3. The van der Waals surface area contributed by atoms with Crippen molar-refractivity contribution in [3.63, 3.8) is 0 Å². The van der Waals surface area contributed by atoms with Crippen molar-refractivity contribution >= 4 is 5.69 Å². The average Bonchev–Trinajstić information content (AvgIpc) is 2.37. The Morgan fingerprint density at radius 3 is 2.68 bits per heavy atom. The number of benzene rings is 2. The molecular formula is C14H12FNO3. The first kappa shape index (κ1) is 13.0. The molecule has 0 N–H and O–H groups in total. The smallest absolute Gasteiger partial charge is 0.310 e. The fourth-order valence-electron chi connectivity index (χ4n) is 1.66. The van der Waals surface area contributed by atoms with Crippen LogP contribution < -0.4 is 4.74 Å². The van der Waals surface area contributed by atoms with Crippen LogP contribution in [0.15, 0.2) is 42.5 Å². The largest absolute Gasteiger partial charge is 0.482 e. The molecular weight excluding hydrogens is 249 g/mol. The van der Waals surface area contributed by atoms with E-state index in [1.165, 1.54) is 12.1 Å². The van der Waals surface area contributed by atoms with Gasteiger partial charge < -0.3 is 4.74 Å². The summed E-state index contributed by atoms with van der Waals surface area (Å²) in [6.45, 7) is 1.76. The summed E-state index contributed by atoms with van der Waals surface area (Å²) in [5.41, 5.74) is 1.08. The molecule has 98 valence electrons. The minimum Gasteiger partial charge on any atom is -0.482 e. The molecule has 0 unspecified atom stereocenters. The molecule has 2 rings (SSSR count). The summed E-state index contributed by atoms with van der Waals surface area (Å²) in [7, 11) is 0. The Kier molecular flexibility index (Phi) is 3.75. The van der Waals surface area contributed by atoms with Crippen LogP contribution in [0.25, 0.3) is 0 Å². The number of hydrogen-bond acceptors (Lipinski definition) is 3. The predicted octanol–water partition coefficient (Wildman–Crippen LogP) is 3.62. The normalized spacial score (nSPS) is 10.2. The highest BCUT2D eigenvalue weighted by Gasteiger charge is 2.15. The van der Waals surface area contributed by atoms with Gasteiger partial charge in [-0.15, -0.1) is 0 Å². The Morgan fingerprint density at radius 2 is 2.00 bits per heavy atom. The van der Waals surface area contributed by atoms with E-state index in [1.54, 1.807) is 37.3 Å². The van der Waals surface area contributed by atoms with Gasteiger partial charge >= 0.3 is 5.69 Å². The standard InChI is InChI=1S/C14H12FNO3/c1-10-6-7-13(16(17)18)14(8-10)19-9-11-4-2-3-5-12(11)15/h2-8H,9H2,1H3. The molecule has 0 aromatic heterocycles. The van der Waals surface area contributed by atoms with Gasteiger partial charge in [0, 0.05) is 11.6 Å². The van der Waals surface area contributed by atoms with Gasteiger partial charge in [0.05, 0.1) is 4.92 Å². The second-order valence-corrected chi connectivity index (χ2v) is 4.11. The Hall–Kier alpha value is -2.43. The van der Waals surface area contributed by atoms with Crippen LogP contribution in [0.5, 0.6) is 5.75 Å². The zero-order valence-corrected chi connectivity index (χ0v) is 10.3. The van der Waals surface area contributed by atoms with E-state index in [1.807, 2.05) is 0 Å².